The number of hydrogen-bond acceptors (Lipinski definition) is 4. The summed E-state index contributed by atoms with van der Waals surface area (Å²) < 4.78 is 0. The average molecular weight is 352 g/mol. The molecule has 2 nitrogen and oxygen atoms in total. The summed E-state index contributed by atoms with van der Waals surface area (Å²) in [6, 6.07) is 10.1. The van der Waals surface area contributed by atoms with Crippen LogP contribution in [0.1, 0.15) is 29.3 Å². The molecule has 2 aromatic rings. The fraction of sp³-hybridized carbons (Fsp3) is 0.353. The van der Waals surface area contributed by atoms with E-state index in [9.17, 15) is 0 Å². The SMILES string of the molecule is Cc1ccsc1C1=NOC(C)(CSCc2ccccc2Cl)C1. The van der Waals surface area contributed by atoms with Gasteiger partial charge in [0.25, 0.3) is 0 Å². The van der Waals surface area contributed by atoms with Crippen molar-refractivity contribution in [1.29, 1.82) is 0 Å². The molecule has 1 aromatic heterocycles. The minimum atomic E-state index is -0.225. The van der Waals surface area contributed by atoms with Gasteiger partial charge in [0.15, 0.2) is 0 Å². The van der Waals surface area contributed by atoms with E-state index in [4.69, 9.17) is 16.4 Å². The molecule has 0 N–H and O–H groups in total. The van der Waals surface area contributed by atoms with E-state index in [1.54, 1.807) is 11.3 Å². The molecule has 0 amide bonds. The van der Waals surface area contributed by atoms with Crippen LogP contribution in [-0.2, 0) is 10.6 Å². The maximum Gasteiger partial charge on any atom is 0.149 e. The molecule has 1 unspecified atom stereocenters. The van der Waals surface area contributed by atoms with Crippen LogP contribution in [0.3, 0.4) is 0 Å². The molecule has 1 atom stereocenters. The van der Waals surface area contributed by atoms with Crippen LogP contribution in [0.5, 0.6) is 0 Å². The van der Waals surface area contributed by atoms with E-state index in [2.05, 4.69) is 36.5 Å². The Hall–Kier alpha value is -0.970. The predicted molar refractivity (Wildman–Crippen MR) is 97.3 cm³/mol. The third-order valence-electron chi connectivity index (χ3n) is 3.66. The molecular weight excluding hydrogens is 334 g/mol. The first-order valence-corrected chi connectivity index (χ1v) is 9.59. The van der Waals surface area contributed by atoms with E-state index in [0.29, 0.717) is 0 Å². The van der Waals surface area contributed by atoms with Crippen LogP contribution in [0.25, 0.3) is 0 Å². The molecule has 22 heavy (non-hydrogen) atoms. The van der Waals surface area contributed by atoms with Gasteiger partial charge < -0.3 is 4.84 Å². The molecule has 0 saturated heterocycles. The summed E-state index contributed by atoms with van der Waals surface area (Å²) >= 11 is 9.77. The number of aryl methyl sites for hydroxylation is 1. The number of halogens is 1. The molecule has 1 aromatic carbocycles. The van der Waals surface area contributed by atoms with Crippen molar-refractivity contribution in [1.82, 2.24) is 0 Å². The van der Waals surface area contributed by atoms with Gasteiger partial charge in [-0.2, -0.15) is 11.8 Å². The Labute approximate surface area is 144 Å². The number of nitrogens with zero attached hydrogens (tertiary/aromatic N) is 1. The zero-order valence-corrected chi connectivity index (χ0v) is 15.0. The molecule has 0 saturated carbocycles. The first kappa shape index (κ1) is 15.9. The number of thioether (sulfide) groups is 1. The van der Waals surface area contributed by atoms with Crippen LogP contribution in [0, 0.1) is 6.92 Å². The van der Waals surface area contributed by atoms with E-state index in [1.165, 1.54) is 16.0 Å². The van der Waals surface area contributed by atoms with Gasteiger partial charge in [0.05, 0.1) is 4.88 Å². The fourth-order valence-corrected chi connectivity index (χ4v) is 4.79. The van der Waals surface area contributed by atoms with Gasteiger partial charge in [-0.25, -0.2) is 0 Å². The molecule has 1 aliphatic rings. The largest absolute Gasteiger partial charge is 0.388 e. The van der Waals surface area contributed by atoms with Crippen molar-refractivity contribution in [3.8, 4) is 0 Å². The highest BCUT2D eigenvalue weighted by molar-refractivity contribution is 7.98. The Morgan fingerprint density at radius 3 is 2.91 bits per heavy atom. The zero-order chi connectivity index (χ0) is 15.6. The highest BCUT2D eigenvalue weighted by Gasteiger charge is 2.35. The second-order valence-corrected chi connectivity index (χ2v) is 8.08. The molecule has 0 radical (unpaired) electrons. The lowest BCUT2D eigenvalue weighted by Crippen LogP contribution is -2.28. The second kappa shape index (κ2) is 6.65. The number of benzene rings is 1. The lowest BCUT2D eigenvalue weighted by Gasteiger charge is -2.20. The Bertz CT molecular complexity index is 697. The molecule has 116 valence electrons. The lowest BCUT2D eigenvalue weighted by atomic mass is 10.0. The van der Waals surface area contributed by atoms with E-state index < -0.39 is 0 Å². The number of rotatable bonds is 5. The van der Waals surface area contributed by atoms with E-state index in [0.717, 1.165) is 28.7 Å². The standard InChI is InChI=1S/C17H18ClNOS2/c1-12-7-8-22-16(12)15-9-17(2,20-19-15)11-21-10-13-5-3-4-6-14(13)18/h3-8H,9-11H2,1-2H3. The highest BCUT2D eigenvalue weighted by Crippen LogP contribution is 2.33. The third kappa shape index (κ3) is 3.50. The summed E-state index contributed by atoms with van der Waals surface area (Å²) in [4.78, 5) is 6.99. The first-order chi connectivity index (χ1) is 10.6. The van der Waals surface area contributed by atoms with Crippen LogP contribution in [-0.4, -0.2) is 17.1 Å². The van der Waals surface area contributed by atoms with Crippen molar-refractivity contribution in [3.63, 3.8) is 0 Å². The van der Waals surface area contributed by atoms with Crippen molar-refractivity contribution in [3.05, 3.63) is 56.7 Å². The molecule has 1 aliphatic heterocycles. The Morgan fingerprint density at radius 2 is 2.18 bits per heavy atom. The van der Waals surface area contributed by atoms with Crippen LogP contribution in [0.2, 0.25) is 5.02 Å². The number of thiophene rings is 1. The molecule has 0 fully saturated rings. The Morgan fingerprint density at radius 1 is 1.36 bits per heavy atom. The Kier molecular flexibility index (Phi) is 4.81. The quantitative estimate of drug-likeness (QED) is 0.706. The van der Waals surface area contributed by atoms with Gasteiger partial charge >= 0.3 is 0 Å². The van der Waals surface area contributed by atoms with Gasteiger partial charge in [-0.3, -0.25) is 0 Å². The second-order valence-electron chi connectivity index (χ2n) is 5.77. The monoisotopic (exact) mass is 351 g/mol. The number of hydrogen-bond donors (Lipinski definition) is 0. The molecule has 0 bridgehead atoms. The molecular formula is C17H18ClNOS2. The minimum Gasteiger partial charge on any atom is -0.388 e. The summed E-state index contributed by atoms with van der Waals surface area (Å²) in [7, 11) is 0. The average Bonchev–Trinajstić information content (AvgIpc) is 3.07. The maximum absolute atomic E-state index is 6.20. The molecule has 0 aliphatic carbocycles. The van der Waals surface area contributed by atoms with E-state index >= 15 is 0 Å². The van der Waals surface area contributed by atoms with Gasteiger partial charge in [0.1, 0.15) is 11.3 Å². The zero-order valence-electron chi connectivity index (χ0n) is 12.6. The maximum atomic E-state index is 6.20. The number of oxime groups is 1. The van der Waals surface area contributed by atoms with Gasteiger partial charge in [0, 0.05) is 22.9 Å². The minimum absolute atomic E-state index is 0.225. The summed E-state index contributed by atoms with van der Waals surface area (Å²) in [6.07, 6.45) is 0.865. The molecule has 3 rings (SSSR count). The first-order valence-electron chi connectivity index (χ1n) is 7.18. The molecule has 0 spiro atoms. The van der Waals surface area contributed by atoms with Crippen molar-refractivity contribution in [2.45, 2.75) is 31.6 Å². The summed E-state index contributed by atoms with van der Waals surface area (Å²) in [5.74, 6) is 1.79. The van der Waals surface area contributed by atoms with Crippen LogP contribution in [0.15, 0.2) is 40.9 Å². The van der Waals surface area contributed by atoms with Crippen molar-refractivity contribution in [2.24, 2.45) is 5.16 Å². The van der Waals surface area contributed by atoms with Gasteiger partial charge in [-0.05, 0) is 42.5 Å². The van der Waals surface area contributed by atoms with Crippen molar-refractivity contribution < 1.29 is 4.84 Å². The summed E-state index contributed by atoms with van der Waals surface area (Å²) in [6.45, 7) is 4.25. The highest BCUT2D eigenvalue weighted by atomic mass is 35.5. The molecule has 2 heterocycles. The normalized spacial score (nSPS) is 20.8. The van der Waals surface area contributed by atoms with E-state index in [-0.39, 0.29) is 5.60 Å². The van der Waals surface area contributed by atoms with Crippen LogP contribution in [0.4, 0.5) is 0 Å². The summed E-state index contributed by atoms with van der Waals surface area (Å²) in [5.41, 5.74) is 3.30. The predicted octanol–water partition coefficient (Wildman–Crippen LogP) is 5.53. The van der Waals surface area contributed by atoms with Crippen LogP contribution >= 0.6 is 34.7 Å². The van der Waals surface area contributed by atoms with Crippen molar-refractivity contribution in [2.75, 3.05) is 5.75 Å². The Balaban J connectivity index is 1.56. The fourth-order valence-electron chi connectivity index (χ4n) is 2.44. The van der Waals surface area contributed by atoms with E-state index in [1.807, 2.05) is 30.0 Å². The topological polar surface area (TPSA) is 21.6 Å². The van der Waals surface area contributed by atoms with Gasteiger partial charge in [0.2, 0.25) is 0 Å². The third-order valence-corrected chi connectivity index (χ3v) is 6.43. The van der Waals surface area contributed by atoms with Crippen LogP contribution < -0.4 is 0 Å². The summed E-state index contributed by atoms with van der Waals surface area (Å²) in [5, 5.41) is 7.26. The molecule has 5 heteroatoms. The van der Waals surface area contributed by atoms with Gasteiger partial charge in [-0.15, -0.1) is 11.3 Å². The smallest absolute Gasteiger partial charge is 0.149 e. The van der Waals surface area contributed by atoms with Gasteiger partial charge in [-0.1, -0.05) is 35.0 Å². The lowest BCUT2D eigenvalue weighted by molar-refractivity contribution is 0.0163. The van der Waals surface area contributed by atoms with Crippen molar-refractivity contribution >= 4 is 40.4 Å².